The molecule has 3 rings (SSSR count). The van der Waals surface area contributed by atoms with Gasteiger partial charge < -0.3 is 15.0 Å². The third-order valence-corrected chi connectivity index (χ3v) is 4.81. The van der Waals surface area contributed by atoms with Gasteiger partial charge in [0.25, 0.3) is 0 Å². The lowest BCUT2D eigenvalue weighted by Crippen LogP contribution is -2.45. The number of anilines is 1. The maximum Gasteiger partial charge on any atom is 0.410 e. The second-order valence-corrected chi connectivity index (χ2v) is 8.64. The first kappa shape index (κ1) is 20.9. The molecule has 0 bridgehead atoms. The van der Waals surface area contributed by atoms with Crippen LogP contribution >= 0.6 is 0 Å². The number of hydrogen-bond donors (Lipinski definition) is 1. The fraction of sp³-hybridized carbons (Fsp3) is 0.500. The first-order valence-corrected chi connectivity index (χ1v) is 10.0. The summed E-state index contributed by atoms with van der Waals surface area (Å²) in [6, 6.07) is 9.64. The molecule has 0 saturated carbocycles. The normalized spacial score (nSPS) is 17.1. The van der Waals surface area contributed by atoms with Gasteiger partial charge in [-0.3, -0.25) is 4.79 Å². The number of piperidine rings is 1. The van der Waals surface area contributed by atoms with Gasteiger partial charge in [-0.2, -0.15) is 5.10 Å². The molecule has 29 heavy (non-hydrogen) atoms. The molecule has 156 valence electrons. The molecule has 1 aromatic heterocycles. The molecule has 7 nitrogen and oxygen atoms in total. The number of ether oxygens (including phenoxy) is 1. The number of rotatable bonds is 3. The van der Waals surface area contributed by atoms with Crippen molar-refractivity contribution < 1.29 is 14.3 Å². The molecule has 7 heteroatoms. The molecule has 2 aromatic rings. The summed E-state index contributed by atoms with van der Waals surface area (Å²) in [5.74, 6) is -0.336. The van der Waals surface area contributed by atoms with E-state index in [2.05, 4.69) is 10.4 Å². The van der Waals surface area contributed by atoms with Gasteiger partial charge >= 0.3 is 6.09 Å². The van der Waals surface area contributed by atoms with Gasteiger partial charge in [-0.05, 0) is 71.7 Å². The second kappa shape index (κ2) is 8.27. The topological polar surface area (TPSA) is 76.5 Å². The van der Waals surface area contributed by atoms with Gasteiger partial charge in [0.05, 0.1) is 17.3 Å². The number of nitrogens with one attached hydrogen (secondary N) is 1. The van der Waals surface area contributed by atoms with Crippen molar-refractivity contribution in [3.8, 4) is 5.69 Å². The molecule has 0 radical (unpaired) electrons. The molecule has 1 unspecified atom stereocenters. The van der Waals surface area contributed by atoms with Gasteiger partial charge in [-0.25, -0.2) is 9.48 Å². The number of carbonyl (C=O) groups excluding carboxylic acids is 2. The van der Waals surface area contributed by atoms with Crippen LogP contribution in [0.5, 0.6) is 0 Å². The highest BCUT2D eigenvalue weighted by molar-refractivity contribution is 5.93. The largest absolute Gasteiger partial charge is 0.444 e. The molecule has 1 N–H and O–H groups in total. The quantitative estimate of drug-likeness (QED) is 0.845. The minimum absolute atomic E-state index is 0.0798. The minimum Gasteiger partial charge on any atom is -0.444 e. The third-order valence-electron chi connectivity index (χ3n) is 4.81. The van der Waals surface area contributed by atoms with Crippen LogP contribution in [-0.4, -0.2) is 45.4 Å². The van der Waals surface area contributed by atoms with Gasteiger partial charge in [0.2, 0.25) is 5.91 Å². The molecule has 0 spiro atoms. The van der Waals surface area contributed by atoms with Crippen LogP contribution < -0.4 is 5.32 Å². The van der Waals surface area contributed by atoms with E-state index >= 15 is 0 Å². The Labute approximate surface area is 172 Å². The van der Waals surface area contributed by atoms with Gasteiger partial charge in [0.15, 0.2) is 0 Å². The number of amides is 2. The molecular weight excluding hydrogens is 368 g/mol. The Morgan fingerprint density at radius 2 is 1.97 bits per heavy atom. The molecule has 0 aliphatic carbocycles. The molecule has 1 fully saturated rings. The van der Waals surface area contributed by atoms with E-state index in [-0.39, 0.29) is 17.9 Å². The van der Waals surface area contributed by atoms with Crippen molar-refractivity contribution in [2.75, 3.05) is 18.4 Å². The van der Waals surface area contributed by atoms with Crippen molar-refractivity contribution in [2.24, 2.45) is 5.92 Å². The van der Waals surface area contributed by atoms with Crippen LogP contribution in [0.15, 0.2) is 30.3 Å². The predicted octanol–water partition coefficient (Wildman–Crippen LogP) is 4.07. The van der Waals surface area contributed by atoms with E-state index in [0.29, 0.717) is 13.1 Å². The lowest BCUT2D eigenvalue weighted by molar-refractivity contribution is -0.121. The molecule has 1 aliphatic rings. The van der Waals surface area contributed by atoms with Crippen LogP contribution in [-0.2, 0) is 9.53 Å². The highest BCUT2D eigenvalue weighted by Gasteiger charge is 2.31. The van der Waals surface area contributed by atoms with Crippen LogP contribution in [0.4, 0.5) is 10.5 Å². The number of aromatic nitrogens is 2. The van der Waals surface area contributed by atoms with E-state index in [9.17, 15) is 9.59 Å². The van der Waals surface area contributed by atoms with Crippen LogP contribution in [0.1, 0.15) is 45.0 Å². The van der Waals surface area contributed by atoms with Gasteiger partial charge in [0, 0.05) is 24.5 Å². The summed E-state index contributed by atoms with van der Waals surface area (Å²) in [7, 11) is 0. The van der Waals surface area contributed by atoms with Gasteiger partial charge in [-0.1, -0.05) is 6.07 Å². The standard InChI is InChI=1S/C22H30N4O3/c1-15-12-16(2)26(24-15)19-10-6-9-18(13-19)23-20(27)17-8-7-11-25(14-17)21(28)29-22(3,4)5/h6,9-10,12-13,17H,7-8,11,14H2,1-5H3,(H,23,27). The third kappa shape index (κ3) is 5.37. The monoisotopic (exact) mass is 398 g/mol. The summed E-state index contributed by atoms with van der Waals surface area (Å²) in [5, 5.41) is 7.49. The Balaban J connectivity index is 1.66. The van der Waals surface area contributed by atoms with Crippen LogP contribution in [0.25, 0.3) is 5.69 Å². The van der Waals surface area contributed by atoms with E-state index in [0.717, 1.165) is 35.6 Å². The van der Waals surface area contributed by atoms with Gasteiger partial charge in [-0.15, -0.1) is 0 Å². The van der Waals surface area contributed by atoms with Crippen molar-refractivity contribution in [3.63, 3.8) is 0 Å². The zero-order valence-electron chi connectivity index (χ0n) is 17.9. The molecule has 2 heterocycles. The van der Waals surface area contributed by atoms with Gasteiger partial charge in [0.1, 0.15) is 5.60 Å². The first-order chi connectivity index (χ1) is 13.6. The molecule has 2 amide bonds. The Hall–Kier alpha value is -2.83. The smallest absolute Gasteiger partial charge is 0.410 e. The second-order valence-electron chi connectivity index (χ2n) is 8.64. The number of carbonyl (C=O) groups is 2. The van der Waals surface area contributed by atoms with E-state index < -0.39 is 5.60 Å². The van der Waals surface area contributed by atoms with E-state index in [1.165, 1.54) is 0 Å². The maximum atomic E-state index is 12.8. The fourth-order valence-electron chi connectivity index (χ4n) is 3.53. The van der Waals surface area contributed by atoms with Crippen LogP contribution in [0.3, 0.4) is 0 Å². The van der Waals surface area contributed by atoms with Crippen molar-refractivity contribution >= 4 is 17.7 Å². The Bertz CT molecular complexity index is 898. The Kier molecular flexibility index (Phi) is 5.96. The lowest BCUT2D eigenvalue weighted by atomic mass is 9.97. The van der Waals surface area contributed by atoms with Crippen molar-refractivity contribution in [2.45, 2.75) is 53.1 Å². The summed E-state index contributed by atoms with van der Waals surface area (Å²) < 4.78 is 7.30. The van der Waals surface area contributed by atoms with Crippen molar-refractivity contribution in [3.05, 3.63) is 41.7 Å². The minimum atomic E-state index is -0.546. The van der Waals surface area contributed by atoms with E-state index in [1.54, 1.807) is 4.90 Å². The SMILES string of the molecule is Cc1cc(C)n(-c2cccc(NC(=O)C3CCCN(C(=O)OC(C)(C)C)C3)c2)n1. The highest BCUT2D eigenvalue weighted by Crippen LogP contribution is 2.22. The highest BCUT2D eigenvalue weighted by atomic mass is 16.6. The zero-order chi connectivity index (χ0) is 21.2. The summed E-state index contributed by atoms with van der Waals surface area (Å²) in [4.78, 5) is 26.8. The molecular formula is C22H30N4O3. The Morgan fingerprint density at radius 1 is 1.21 bits per heavy atom. The predicted molar refractivity (Wildman–Crippen MR) is 112 cm³/mol. The number of aryl methyl sites for hydroxylation is 2. The molecule has 1 aliphatic heterocycles. The summed E-state index contributed by atoms with van der Waals surface area (Å²) in [6.07, 6.45) is 1.17. The average Bonchev–Trinajstić information content (AvgIpc) is 2.99. The molecule has 1 atom stereocenters. The number of likely N-dealkylation sites (tertiary alicyclic amines) is 1. The zero-order valence-corrected chi connectivity index (χ0v) is 17.9. The number of benzene rings is 1. The fourth-order valence-corrected chi connectivity index (χ4v) is 3.53. The summed E-state index contributed by atoms with van der Waals surface area (Å²) >= 11 is 0. The number of hydrogen-bond acceptors (Lipinski definition) is 4. The Morgan fingerprint density at radius 3 is 2.62 bits per heavy atom. The van der Waals surface area contributed by atoms with Crippen LogP contribution in [0.2, 0.25) is 0 Å². The lowest BCUT2D eigenvalue weighted by Gasteiger charge is -2.33. The number of nitrogens with zero attached hydrogens (tertiary/aromatic N) is 3. The van der Waals surface area contributed by atoms with Crippen molar-refractivity contribution in [1.29, 1.82) is 0 Å². The van der Waals surface area contributed by atoms with E-state index in [4.69, 9.17) is 4.74 Å². The van der Waals surface area contributed by atoms with Crippen LogP contribution in [0, 0.1) is 19.8 Å². The summed E-state index contributed by atoms with van der Waals surface area (Å²) in [6.45, 7) is 10.5. The summed E-state index contributed by atoms with van der Waals surface area (Å²) in [5.41, 5.74) is 3.05. The van der Waals surface area contributed by atoms with Crippen molar-refractivity contribution in [1.82, 2.24) is 14.7 Å². The maximum absolute atomic E-state index is 12.8. The molecule has 1 saturated heterocycles. The molecule has 1 aromatic carbocycles. The first-order valence-electron chi connectivity index (χ1n) is 10.0. The average molecular weight is 399 g/mol. The van der Waals surface area contributed by atoms with E-state index in [1.807, 2.05) is 69.6 Å².